The lowest BCUT2D eigenvalue weighted by Crippen LogP contribution is -2.50. The number of ether oxygens (including phenoxy) is 1. The smallest absolute Gasteiger partial charge is 0.119 e. The Labute approximate surface area is 104 Å². The first-order valence-corrected chi connectivity index (χ1v) is 5.88. The highest BCUT2D eigenvalue weighted by Gasteiger charge is 2.38. The van der Waals surface area contributed by atoms with Crippen LogP contribution in [0.3, 0.4) is 0 Å². The highest BCUT2D eigenvalue weighted by Crippen LogP contribution is 2.33. The maximum absolute atomic E-state index is 10.6. The van der Waals surface area contributed by atoms with E-state index in [1.54, 1.807) is 7.11 Å². The zero-order chi connectivity index (χ0) is 13.1. The molecular formula is C14H23NO2. The molecule has 0 spiro atoms. The Hall–Kier alpha value is -1.06. The van der Waals surface area contributed by atoms with Crippen LogP contribution in [0.2, 0.25) is 0 Å². The number of nitrogens with two attached hydrogens (primary N) is 1. The second-order valence-corrected chi connectivity index (χ2v) is 5.51. The summed E-state index contributed by atoms with van der Waals surface area (Å²) < 4.78 is 5.18. The average molecular weight is 237 g/mol. The van der Waals surface area contributed by atoms with Crippen LogP contribution in [0.1, 0.15) is 26.3 Å². The number of hydrogen-bond acceptors (Lipinski definition) is 3. The molecule has 0 fully saturated rings. The van der Waals surface area contributed by atoms with Gasteiger partial charge in [0.1, 0.15) is 5.75 Å². The first-order valence-electron chi connectivity index (χ1n) is 5.88. The summed E-state index contributed by atoms with van der Waals surface area (Å²) in [6, 6.07) is 7.73. The number of benzene rings is 1. The largest absolute Gasteiger partial charge is 0.497 e. The lowest BCUT2D eigenvalue weighted by Gasteiger charge is -2.39. The van der Waals surface area contributed by atoms with Gasteiger partial charge in [0, 0.05) is 13.0 Å². The fourth-order valence-electron chi connectivity index (χ4n) is 1.76. The molecule has 17 heavy (non-hydrogen) atoms. The Bertz CT molecular complexity index is 371. The van der Waals surface area contributed by atoms with E-state index in [-0.39, 0.29) is 12.0 Å². The molecule has 0 bridgehead atoms. The van der Waals surface area contributed by atoms with Crippen molar-refractivity contribution in [3.63, 3.8) is 0 Å². The molecule has 96 valence electrons. The standard InChI is InChI=1S/C14H23NO2/c1-13(2,3)14(16,10-15)9-11-6-5-7-12(8-11)17-4/h5-8,16H,9-10,15H2,1-4H3. The van der Waals surface area contributed by atoms with Crippen LogP contribution in [-0.2, 0) is 6.42 Å². The van der Waals surface area contributed by atoms with Crippen LogP contribution in [0.5, 0.6) is 5.75 Å². The molecule has 0 aliphatic heterocycles. The van der Waals surface area contributed by atoms with Gasteiger partial charge in [0.25, 0.3) is 0 Å². The van der Waals surface area contributed by atoms with Gasteiger partial charge < -0.3 is 15.6 Å². The van der Waals surface area contributed by atoms with E-state index in [0.29, 0.717) is 6.42 Å². The lowest BCUT2D eigenvalue weighted by atomic mass is 9.73. The summed E-state index contributed by atoms with van der Waals surface area (Å²) in [6.45, 7) is 6.24. The second kappa shape index (κ2) is 5.07. The third-order valence-corrected chi connectivity index (χ3v) is 3.36. The normalized spacial score (nSPS) is 15.4. The van der Waals surface area contributed by atoms with E-state index >= 15 is 0 Å². The molecule has 1 unspecified atom stereocenters. The number of methoxy groups -OCH3 is 1. The van der Waals surface area contributed by atoms with Crippen LogP contribution in [0.15, 0.2) is 24.3 Å². The Balaban J connectivity index is 2.95. The Morgan fingerprint density at radius 1 is 1.29 bits per heavy atom. The third-order valence-electron chi connectivity index (χ3n) is 3.36. The van der Waals surface area contributed by atoms with E-state index in [2.05, 4.69) is 0 Å². The van der Waals surface area contributed by atoms with E-state index in [9.17, 15) is 5.11 Å². The highest BCUT2D eigenvalue weighted by atomic mass is 16.5. The molecule has 0 aromatic heterocycles. The van der Waals surface area contributed by atoms with Gasteiger partial charge in [0.05, 0.1) is 12.7 Å². The Morgan fingerprint density at radius 3 is 2.41 bits per heavy atom. The molecule has 0 aliphatic carbocycles. The summed E-state index contributed by atoms with van der Waals surface area (Å²) in [6.07, 6.45) is 0.532. The minimum absolute atomic E-state index is 0.244. The van der Waals surface area contributed by atoms with Gasteiger partial charge in [-0.25, -0.2) is 0 Å². The molecular weight excluding hydrogens is 214 g/mol. The molecule has 1 aromatic rings. The maximum Gasteiger partial charge on any atom is 0.119 e. The van der Waals surface area contributed by atoms with Crippen LogP contribution in [-0.4, -0.2) is 24.4 Å². The van der Waals surface area contributed by atoms with Crippen molar-refractivity contribution in [3.8, 4) is 5.75 Å². The van der Waals surface area contributed by atoms with Crippen molar-refractivity contribution in [1.82, 2.24) is 0 Å². The van der Waals surface area contributed by atoms with Crippen LogP contribution in [0.25, 0.3) is 0 Å². The summed E-state index contributed by atoms with van der Waals surface area (Å²) in [5, 5.41) is 10.6. The molecule has 1 rings (SSSR count). The SMILES string of the molecule is COc1cccc(CC(O)(CN)C(C)(C)C)c1. The molecule has 1 aromatic carbocycles. The molecule has 0 saturated heterocycles. The van der Waals surface area contributed by atoms with Gasteiger partial charge in [-0.15, -0.1) is 0 Å². The summed E-state index contributed by atoms with van der Waals surface area (Å²) in [5.74, 6) is 0.802. The molecule has 0 radical (unpaired) electrons. The molecule has 3 N–H and O–H groups in total. The quantitative estimate of drug-likeness (QED) is 0.842. The topological polar surface area (TPSA) is 55.5 Å². The zero-order valence-electron chi connectivity index (χ0n) is 11.2. The monoisotopic (exact) mass is 237 g/mol. The molecule has 3 nitrogen and oxygen atoms in total. The van der Waals surface area contributed by atoms with Crippen LogP contribution in [0, 0.1) is 5.41 Å². The van der Waals surface area contributed by atoms with Gasteiger partial charge in [-0.3, -0.25) is 0 Å². The van der Waals surface area contributed by atoms with Gasteiger partial charge >= 0.3 is 0 Å². The van der Waals surface area contributed by atoms with E-state index in [1.807, 2.05) is 45.0 Å². The maximum atomic E-state index is 10.6. The molecule has 0 saturated carbocycles. The van der Waals surface area contributed by atoms with Gasteiger partial charge in [-0.05, 0) is 23.1 Å². The minimum Gasteiger partial charge on any atom is -0.497 e. The van der Waals surface area contributed by atoms with E-state index in [4.69, 9.17) is 10.5 Å². The molecule has 0 aliphatic rings. The number of aliphatic hydroxyl groups is 1. The minimum atomic E-state index is -0.903. The van der Waals surface area contributed by atoms with Crippen LogP contribution in [0.4, 0.5) is 0 Å². The van der Waals surface area contributed by atoms with Gasteiger partial charge in [-0.2, -0.15) is 0 Å². The van der Waals surface area contributed by atoms with Crippen LogP contribution < -0.4 is 10.5 Å². The van der Waals surface area contributed by atoms with Gasteiger partial charge in [0.2, 0.25) is 0 Å². The fourth-order valence-corrected chi connectivity index (χ4v) is 1.76. The zero-order valence-corrected chi connectivity index (χ0v) is 11.2. The third kappa shape index (κ3) is 3.20. The second-order valence-electron chi connectivity index (χ2n) is 5.51. The Kier molecular flexibility index (Phi) is 4.17. The van der Waals surface area contributed by atoms with Gasteiger partial charge in [-0.1, -0.05) is 32.9 Å². The van der Waals surface area contributed by atoms with Crippen molar-refractivity contribution in [2.45, 2.75) is 32.8 Å². The Morgan fingerprint density at radius 2 is 1.94 bits per heavy atom. The molecule has 0 amide bonds. The first-order chi connectivity index (χ1) is 7.82. The number of rotatable bonds is 4. The summed E-state index contributed by atoms with van der Waals surface area (Å²) in [7, 11) is 1.64. The van der Waals surface area contributed by atoms with Gasteiger partial charge in [0.15, 0.2) is 0 Å². The highest BCUT2D eigenvalue weighted by molar-refractivity contribution is 5.29. The van der Waals surface area contributed by atoms with Crippen molar-refractivity contribution >= 4 is 0 Å². The summed E-state index contributed by atoms with van der Waals surface area (Å²) in [5.41, 5.74) is 5.60. The van der Waals surface area contributed by atoms with Crippen molar-refractivity contribution in [2.24, 2.45) is 11.1 Å². The average Bonchev–Trinajstić information content (AvgIpc) is 2.27. The predicted octanol–water partition coefficient (Wildman–Crippen LogP) is 1.97. The molecule has 0 heterocycles. The summed E-state index contributed by atoms with van der Waals surface area (Å²) >= 11 is 0. The number of hydrogen-bond donors (Lipinski definition) is 2. The van der Waals surface area contributed by atoms with E-state index < -0.39 is 5.60 Å². The summed E-state index contributed by atoms with van der Waals surface area (Å²) in [4.78, 5) is 0. The fraction of sp³-hybridized carbons (Fsp3) is 0.571. The first kappa shape index (κ1) is 14.0. The van der Waals surface area contributed by atoms with E-state index in [1.165, 1.54) is 0 Å². The van der Waals surface area contributed by atoms with Crippen molar-refractivity contribution in [2.75, 3.05) is 13.7 Å². The molecule has 1 atom stereocenters. The van der Waals surface area contributed by atoms with E-state index in [0.717, 1.165) is 11.3 Å². The van der Waals surface area contributed by atoms with Crippen LogP contribution >= 0.6 is 0 Å². The van der Waals surface area contributed by atoms with Crippen molar-refractivity contribution in [1.29, 1.82) is 0 Å². The van der Waals surface area contributed by atoms with Crippen molar-refractivity contribution in [3.05, 3.63) is 29.8 Å². The van der Waals surface area contributed by atoms with Crippen molar-refractivity contribution < 1.29 is 9.84 Å². The lowest BCUT2D eigenvalue weighted by molar-refractivity contribution is -0.0490. The predicted molar refractivity (Wildman–Crippen MR) is 70.2 cm³/mol. The molecule has 3 heteroatoms.